The molecule has 0 aliphatic heterocycles. The highest BCUT2D eigenvalue weighted by Crippen LogP contribution is 2.19. The van der Waals surface area contributed by atoms with E-state index in [0.717, 1.165) is 0 Å². The molecule has 0 aromatic rings. The van der Waals surface area contributed by atoms with Crippen molar-refractivity contribution in [2.45, 2.75) is 37.8 Å². The van der Waals surface area contributed by atoms with E-state index >= 15 is 0 Å². The van der Waals surface area contributed by atoms with Crippen LogP contribution in [0.2, 0.25) is 0 Å². The van der Waals surface area contributed by atoms with E-state index in [1.54, 1.807) is 6.92 Å². The Hall–Kier alpha value is -0.750. The molecule has 0 aromatic heterocycles. The van der Waals surface area contributed by atoms with Gasteiger partial charge >= 0.3 is 5.97 Å². The van der Waals surface area contributed by atoms with Gasteiger partial charge in [-0.15, -0.1) is 0 Å². The second kappa shape index (κ2) is 4.48. The molecule has 0 fully saturated rings. The molecule has 0 amide bonds. The van der Waals surface area contributed by atoms with E-state index < -0.39 is 17.9 Å². The summed E-state index contributed by atoms with van der Waals surface area (Å²) in [5.41, 5.74) is 7.87. The van der Waals surface area contributed by atoms with Crippen LogP contribution in [0.1, 0.15) is 19.8 Å². The van der Waals surface area contributed by atoms with Crippen LogP contribution in [-0.2, 0) is 4.79 Å². The van der Waals surface area contributed by atoms with Gasteiger partial charge < -0.3 is 16.6 Å². The lowest BCUT2D eigenvalue weighted by Crippen LogP contribution is -2.54. The summed E-state index contributed by atoms with van der Waals surface area (Å²) in [6.07, 6.45) is -3.24. The zero-order valence-corrected chi connectivity index (χ0v) is 7.34. The van der Waals surface area contributed by atoms with Gasteiger partial charge in [-0.1, -0.05) is 0 Å². The lowest BCUT2D eigenvalue weighted by molar-refractivity contribution is -0.150. The van der Waals surface area contributed by atoms with Gasteiger partial charge in [0.15, 0.2) is 5.54 Å². The van der Waals surface area contributed by atoms with Crippen molar-refractivity contribution in [3.63, 3.8) is 0 Å². The number of hydrogen-bond donors (Lipinski definition) is 3. The predicted molar refractivity (Wildman–Crippen MR) is 43.4 cm³/mol. The average molecular weight is 196 g/mol. The molecule has 1 unspecified atom stereocenters. The molecule has 0 aromatic carbocycles. The van der Waals surface area contributed by atoms with Gasteiger partial charge in [-0.05, 0) is 19.8 Å². The predicted octanol–water partition coefficient (Wildman–Crippen LogP) is 0.161. The molecule has 0 heterocycles. The maximum Gasteiger partial charge on any atom is 0.329 e. The highest BCUT2D eigenvalue weighted by atomic mass is 19.3. The number of carboxylic acids is 1. The second-order valence-corrected chi connectivity index (χ2v) is 3.16. The average Bonchev–Trinajstić information content (AvgIpc) is 1.99. The minimum Gasteiger partial charge on any atom is -0.480 e. The van der Waals surface area contributed by atoms with Crippen LogP contribution in [0.3, 0.4) is 0 Å². The van der Waals surface area contributed by atoms with Crippen molar-refractivity contribution in [2.75, 3.05) is 0 Å². The van der Waals surface area contributed by atoms with Crippen LogP contribution in [0.25, 0.3) is 0 Å². The first-order chi connectivity index (χ1) is 5.80. The van der Waals surface area contributed by atoms with Crippen LogP contribution >= 0.6 is 0 Å². The van der Waals surface area contributed by atoms with E-state index in [-0.39, 0.29) is 18.9 Å². The SMILES string of the molecule is C[C@H](N)CCC(N)(C(=O)O)C(F)F. The molecule has 4 nitrogen and oxygen atoms in total. The third kappa shape index (κ3) is 3.23. The molecule has 2 atom stereocenters. The maximum atomic E-state index is 12.2. The van der Waals surface area contributed by atoms with Crippen LogP contribution in [0.15, 0.2) is 0 Å². The number of nitrogens with two attached hydrogens (primary N) is 2. The van der Waals surface area contributed by atoms with Crippen molar-refractivity contribution < 1.29 is 18.7 Å². The molecule has 0 aliphatic carbocycles. The molecular weight excluding hydrogens is 182 g/mol. The summed E-state index contributed by atoms with van der Waals surface area (Å²) in [5, 5.41) is 8.47. The Bertz CT molecular complexity index is 187. The van der Waals surface area contributed by atoms with Gasteiger partial charge in [-0.2, -0.15) is 0 Å². The molecule has 0 saturated carbocycles. The van der Waals surface area contributed by atoms with E-state index in [0.29, 0.717) is 0 Å². The molecule has 5 N–H and O–H groups in total. The highest BCUT2D eigenvalue weighted by Gasteiger charge is 2.43. The lowest BCUT2D eigenvalue weighted by atomic mass is 9.93. The lowest BCUT2D eigenvalue weighted by Gasteiger charge is -2.24. The fourth-order valence-corrected chi connectivity index (χ4v) is 0.776. The molecule has 6 heteroatoms. The van der Waals surface area contributed by atoms with Crippen LogP contribution in [-0.4, -0.2) is 29.1 Å². The molecular formula is C7H14F2N2O2. The Balaban J connectivity index is 4.34. The van der Waals surface area contributed by atoms with Crippen LogP contribution in [0.4, 0.5) is 8.78 Å². The third-order valence-corrected chi connectivity index (χ3v) is 1.80. The summed E-state index contributed by atoms with van der Waals surface area (Å²) in [5.74, 6) is -1.69. The molecule has 0 saturated heterocycles. The number of aliphatic carboxylic acids is 1. The zero-order valence-electron chi connectivity index (χ0n) is 7.34. The van der Waals surface area contributed by atoms with Crippen molar-refractivity contribution in [2.24, 2.45) is 11.5 Å². The fourth-order valence-electron chi connectivity index (χ4n) is 0.776. The Morgan fingerprint density at radius 2 is 2.08 bits per heavy atom. The van der Waals surface area contributed by atoms with E-state index in [1.165, 1.54) is 0 Å². The first kappa shape index (κ1) is 12.2. The Labute approximate surface area is 74.9 Å². The Morgan fingerprint density at radius 1 is 1.62 bits per heavy atom. The number of carbonyl (C=O) groups is 1. The van der Waals surface area contributed by atoms with Gasteiger partial charge in [0.05, 0.1) is 0 Å². The number of rotatable bonds is 5. The van der Waals surface area contributed by atoms with Crippen molar-refractivity contribution in [1.29, 1.82) is 0 Å². The number of halogens is 2. The van der Waals surface area contributed by atoms with Gasteiger partial charge in [0.25, 0.3) is 6.43 Å². The maximum absolute atomic E-state index is 12.2. The van der Waals surface area contributed by atoms with Gasteiger partial charge in [-0.3, -0.25) is 0 Å². The summed E-state index contributed by atoms with van der Waals surface area (Å²) in [6, 6.07) is -0.332. The van der Waals surface area contributed by atoms with Crippen molar-refractivity contribution in [3.05, 3.63) is 0 Å². The van der Waals surface area contributed by atoms with Crippen molar-refractivity contribution >= 4 is 5.97 Å². The van der Waals surface area contributed by atoms with Crippen molar-refractivity contribution in [3.8, 4) is 0 Å². The molecule has 0 radical (unpaired) electrons. The monoisotopic (exact) mass is 196 g/mol. The van der Waals surface area contributed by atoms with E-state index in [2.05, 4.69) is 0 Å². The first-order valence-corrected chi connectivity index (χ1v) is 3.86. The normalized spacial score (nSPS) is 18.3. The molecule has 0 rings (SSSR count). The zero-order chi connectivity index (χ0) is 10.6. The molecule has 13 heavy (non-hydrogen) atoms. The molecule has 0 aliphatic rings. The quantitative estimate of drug-likeness (QED) is 0.584. The summed E-state index contributed by atoms with van der Waals surface area (Å²) >= 11 is 0. The fraction of sp³-hybridized carbons (Fsp3) is 0.857. The van der Waals surface area contributed by atoms with Gasteiger partial charge in [0, 0.05) is 6.04 Å². The molecule has 0 bridgehead atoms. The van der Waals surface area contributed by atoms with E-state index in [4.69, 9.17) is 16.6 Å². The van der Waals surface area contributed by atoms with Crippen LogP contribution in [0, 0.1) is 0 Å². The Kier molecular flexibility index (Phi) is 4.22. The summed E-state index contributed by atoms with van der Waals surface area (Å²) in [7, 11) is 0. The topological polar surface area (TPSA) is 89.3 Å². The van der Waals surface area contributed by atoms with E-state index in [1.807, 2.05) is 0 Å². The van der Waals surface area contributed by atoms with Crippen LogP contribution in [0.5, 0.6) is 0 Å². The highest BCUT2D eigenvalue weighted by molar-refractivity contribution is 5.79. The smallest absolute Gasteiger partial charge is 0.329 e. The Morgan fingerprint density at radius 3 is 2.31 bits per heavy atom. The molecule has 78 valence electrons. The standard InChI is InChI=1S/C7H14F2N2O2/c1-4(10)2-3-7(11,5(8)9)6(12)13/h4-5H,2-3,10-11H2,1H3,(H,12,13)/t4-,7?/m0/s1. The molecule has 0 spiro atoms. The van der Waals surface area contributed by atoms with Gasteiger partial charge in [0.1, 0.15) is 0 Å². The number of carboxylic acid groups (broad SMARTS) is 1. The summed E-state index contributed by atoms with van der Waals surface area (Å²) < 4.78 is 24.5. The van der Waals surface area contributed by atoms with Gasteiger partial charge in [-0.25, -0.2) is 13.6 Å². The number of hydrogen-bond acceptors (Lipinski definition) is 3. The summed E-state index contributed by atoms with van der Waals surface area (Å²) in [6.45, 7) is 1.60. The van der Waals surface area contributed by atoms with E-state index in [9.17, 15) is 13.6 Å². The summed E-state index contributed by atoms with van der Waals surface area (Å²) in [4.78, 5) is 10.4. The first-order valence-electron chi connectivity index (χ1n) is 3.86. The van der Waals surface area contributed by atoms with Crippen molar-refractivity contribution in [1.82, 2.24) is 0 Å². The third-order valence-electron chi connectivity index (χ3n) is 1.80. The minimum atomic E-state index is -3.08. The minimum absolute atomic E-state index is 0.160. The van der Waals surface area contributed by atoms with Gasteiger partial charge in [0.2, 0.25) is 0 Å². The second-order valence-electron chi connectivity index (χ2n) is 3.16. The van der Waals surface area contributed by atoms with Crippen LogP contribution < -0.4 is 11.5 Å². The largest absolute Gasteiger partial charge is 0.480 e. The number of alkyl halides is 2.